The normalized spacial score (nSPS) is 13.0. The fraction of sp³-hybridized carbons (Fsp3) is 1.00. The molecule has 1 atom stereocenters. The molecule has 1 N–H and O–H groups in total. The van der Waals surface area contributed by atoms with Crippen molar-refractivity contribution >= 4 is 11.8 Å². The van der Waals surface area contributed by atoms with Gasteiger partial charge >= 0.3 is 0 Å². The van der Waals surface area contributed by atoms with Crippen LogP contribution in [-0.2, 0) is 9.47 Å². The Morgan fingerprint density at radius 2 is 2.07 bits per heavy atom. The first-order valence-corrected chi connectivity index (χ1v) is 6.84. The van der Waals surface area contributed by atoms with Crippen LogP contribution < -0.4 is 5.32 Å². The van der Waals surface area contributed by atoms with E-state index in [-0.39, 0.29) is 0 Å². The van der Waals surface area contributed by atoms with Crippen molar-refractivity contribution in [1.82, 2.24) is 5.32 Å². The van der Waals surface area contributed by atoms with Gasteiger partial charge in [-0.05, 0) is 25.6 Å². The van der Waals surface area contributed by atoms with Gasteiger partial charge in [-0.25, -0.2) is 0 Å². The van der Waals surface area contributed by atoms with E-state index in [4.69, 9.17) is 9.47 Å². The van der Waals surface area contributed by atoms with Crippen molar-refractivity contribution in [3.63, 3.8) is 0 Å². The summed E-state index contributed by atoms with van der Waals surface area (Å²) in [7, 11) is 1.69. The average molecular weight is 235 g/mol. The van der Waals surface area contributed by atoms with Gasteiger partial charge < -0.3 is 14.8 Å². The molecule has 0 heterocycles. The van der Waals surface area contributed by atoms with Crippen molar-refractivity contribution in [2.45, 2.75) is 26.3 Å². The summed E-state index contributed by atoms with van der Waals surface area (Å²) in [6, 6.07) is 0.605. The predicted molar refractivity (Wildman–Crippen MR) is 67.8 cm³/mol. The maximum Gasteiger partial charge on any atom is 0.0700 e. The maximum atomic E-state index is 5.37. The minimum Gasteiger partial charge on any atom is -0.382 e. The van der Waals surface area contributed by atoms with Crippen LogP contribution in [0.2, 0.25) is 0 Å². The number of thioether (sulfide) groups is 1. The highest BCUT2D eigenvalue weighted by Gasteiger charge is 1.99. The second-order valence-electron chi connectivity index (χ2n) is 3.47. The fourth-order valence-corrected chi connectivity index (χ4v) is 1.83. The first-order chi connectivity index (χ1) is 7.31. The zero-order chi connectivity index (χ0) is 11.4. The third-order valence-corrected chi connectivity index (χ3v) is 3.11. The van der Waals surface area contributed by atoms with E-state index in [0.29, 0.717) is 19.3 Å². The molecule has 4 heteroatoms. The predicted octanol–water partition coefficient (Wildman–Crippen LogP) is 1.77. The Morgan fingerprint density at radius 3 is 2.73 bits per heavy atom. The Kier molecular flexibility index (Phi) is 12.5. The Bertz CT molecular complexity index is 125. The average Bonchev–Trinajstić information content (AvgIpc) is 2.25. The SMILES string of the molecule is CCSCC(C)NCCCOCCOC. The smallest absolute Gasteiger partial charge is 0.0700 e. The molecule has 0 aliphatic rings. The quantitative estimate of drug-likeness (QED) is 0.553. The van der Waals surface area contributed by atoms with Crippen LogP contribution in [0.25, 0.3) is 0 Å². The molecule has 0 aliphatic heterocycles. The van der Waals surface area contributed by atoms with Gasteiger partial charge in [0.05, 0.1) is 13.2 Å². The number of nitrogens with one attached hydrogen (secondary N) is 1. The van der Waals surface area contributed by atoms with Gasteiger partial charge in [-0.3, -0.25) is 0 Å². The molecule has 0 aliphatic carbocycles. The molecule has 0 radical (unpaired) electrons. The summed E-state index contributed by atoms with van der Waals surface area (Å²) in [6.45, 7) is 7.69. The van der Waals surface area contributed by atoms with Crippen LogP contribution >= 0.6 is 11.8 Å². The van der Waals surface area contributed by atoms with E-state index in [0.717, 1.165) is 19.6 Å². The van der Waals surface area contributed by atoms with Crippen molar-refractivity contribution in [2.24, 2.45) is 0 Å². The van der Waals surface area contributed by atoms with Crippen LogP contribution in [0.5, 0.6) is 0 Å². The molecular weight excluding hydrogens is 210 g/mol. The third-order valence-electron chi connectivity index (χ3n) is 1.96. The van der Waals surface area contributed by atoms with Crippen molar-refractivity contribution in [3.8, 4) is 0 Å². The van der Waals surface area contributed by atoms with Crippen molar-refractivity contribution in [2.75, 3.05) is 45.0 Å². The lowest BCUT2D eigenvalue weighted by Crippen LogP contribution is -2.29. The van der Waals surface area contributed by atoms with Crippen molar-refractivity contribution in [3.05, 3.63) is 0 Å². The molecule has 0 spiro atoms. The second-order valence-corrected chi connectivity index (χ2v) is 4.79. The Labute approximate surface area is 98.3 Å². The topological polar surface area (TPSA) is 30.5 Å². The van der Waals surface area contributed by atoms with E-state index in [2.05, 4.69) is 19.2 Å². The molecule has 92 valence electrons. The van der Waals surface area contributed by atoms with Crippen LogP contribution in [0.15, 0.2) is 0 Å². The van der Waals surface area contributed by atoms with Crippen LogP contribution in [0.1, 0.15) is 20.3 Å². The maximum absolute atomic E-state index is 5.37. The van der Waals surface area contributed by atoms with Gasteiger partial charge in [-0.15, -0.1) is 0 Å². The summed E-state index contributed by atoms with van der Waals surface area (Å²) >= 11 is 1.98. The lowest BCUT2D eigenvalue weighted by molar-refractivity contribution is 0.0693. The van der Waals surface area contributed by atoms with E-state index >= 15 is 0 Å². The van der Waals surface area contributed by atoms with Gasteiger partial charge in [0.1, 0.15) is 0 Å². The van der Waals surface area contributed by atoms with Gasteiger partial charge in [-0.2, -0.15) is 11.8 Å². The third kappa shape index (κ3) is 12.2. The summed E-state index contributed by atoms with van der Waals surface area (Å²) in [6.07, 6.45) is 1.07. The Hall–Kier alpha value is 0.230. The Morgan fingerprint density at radius 1 is 1.27 bits per heavy atom. The summed E-state index contributed by atoms with van der Waals surface area (Å²) in [5.74, 6) is 2.40. The summed E-state index contributed by atoms with van der Waals surface area (Å²) in [5.41, 5.74) is 0. The second kappa shape index (κ2) is 12.3. The van der Waals surface area contributed by atoms with Gasteiger partial charge in [0.15, 0.2) is 0 Å². The van der Waals surface area contributed by atoms with Gasteiger partial charge in [-0.1, -0.05) is 6.92 Å². The molecule has 0 aromatic carbocycles. The molecule has 0 amide bonds. The standard InChI is InChI=1S/C11H25NO2S/c1-4-15-10-11(2)12-6-5-7-14-9-8-13-3/h11-12H,4-10H2,1-3H3. The lowest BCUT2D eigenvalue weighted by atomic mass is 10.3. The molecule has 0 saturated carbocycles. The van der Waals surface area contributed by atoms with Crippen LogP contribution in [-0.4, -0.2) is 51.0 Å². The number of hydrogen-bond donors (Lipinski definition) is 1. The number of ether oxygens (including phenoxy) is 2. The van der Waals surface area contributed by atoms with E-state index in [1.807, 2.05) is 11.8 Å². The van der Waals surface area contributed by atoms with Gasteiger partial charge in [0, 0.05) is 25.5 Å². The summed E-state index contributed by atoms with van der Waals surface area (Å²) in [4.78, 5) is 0. The van der Waals surface area contributed by atoms with Crippen molar-refractivity contribution < 1.29 is 9.47 Å². The zero-order valence-corrected chi connectivity index (χ0v) is 11.1. The minimum absolute atomic E-state index is 0.605. The molecule has 15 heavy (non-hydrogen) atoms. The fourth-order valence-electron chi connectivity index (χ4n) is 1.12. The van der Waals surface area contributed by atoms with Gasteiger partial charge in [0.25, 0.3) is 0 Å². The van der Waals surface area contributed by atoms with Gasteiger partial charge in [0.2, 0.25) is 0 Å². The van der Waals surface area contributed by atoms with E-state index < -0.39 is 0 Å². The highest BCUT2D eigenvalue weighted by molar-refractivity contribution is 7.99. The first-order valence-electron chi connectivity index (χ1n) is 5.69. The minimum atomic E-state index is 0.605. The van der Waals surface area contributed by atoms with E-state index in [1.165, 1.54) is 11.5 Å². The molecular formula is C11H25NO2S. The molecule has 0 saturated heterocycles. The highest BCUT2D eigenvalue weighted by atomic mass is 32.2. The molecule has 0 aromatic rings. The Balaban J connectivity index is 3.02. The molecule has 0 rings (SSSR count). The van der Waals surface area contributed by atoms with Crippen LogP contribution in [0.4, 0.5) is 0 Å². The first kappa shape index (κ1) is 15.2. The number of methoxy groups -OCH3 is 1. The highest BCUT2D eigenvalue weighted by Crippen LogP contribution is 2.00. The zero-order valence-electron chi connectivity index (χ0n) is 10.3. The molecule has 0 aromatic heterocycles. The molecule has 1 unspecified atom stereocenters. The van der Waals surface area contributed by atoms with Crippen molar-refractivity contribution in [1.29, 1.82) is 0 Å². The van der Waals surface area contributed by atoms with E-state index in [9.17, 15) is 0 Å². The van der Waals surface area contributed by atoms with Crippen LogP contribution in [0.3, 0.4) is 0 Å². The number of hydrogen-bond acceptors (Lipinski definition) is 4. The number of rotatable bonds is 11. The monoisotopic (exact) mass is 235 g/mol. The summed E-state index contributed by atoms with van der Waals surface area (Å²) < 4.78 is 10.3. The van der Waals surface area contributed by atoms with Crippen LogP contribution in [0, 0.1) is 0 Å². The largest absolute Gasteiger partial charge is 0.382 e. The molecule has 3 nitrogen and oxygen atoms in total. The van der Waals surface area contributed by atoms with E-state index in [1.54, 1.807) is 7.11 Å². The molecule has 0 fully saturated rings. The lowest BCUT2D eigenvalue weighted by Gasteiger charge is -2.12. The molecule has 0 bridgehead atoms. The summed E-state index contributed by atoms with van der Waals surface area (Å²) in [5, 5.41) is 3.48.